The molecule has 29 heavy (non-hydrogen) atoms. The number of hydrogen-bond acceptors (Lipinski definition) is 4. The van der Waals surface area contributed by atoms with Gasteiger partial charge in [0.2, 0.25) is 0 Å². The van der Waals surface area contributed by atoms with Gasteiger partial charge in [-0.3, -0.25) is 4.79 Å². The van der Waals surface area contributed by atoms with Gasteiger partial charge in [-0.25, -0.2) is 9.97 Å². The summed E-state index contributed by atoms with van der Waals surface area (Å²) in [7, 11) is 0. The summed E-state index contributed by atoms with van der Waals surface area (Å²) in [5.41, 5.74) is 0.172. The van der Waals surface area contributed by atoms with Crippen molar-refractivity contribution in [2.24, 2.45) is 0 Å². The Labute approximate surface area is 174 Å². The van der Waals surface area contributed by atoms with E-state index in [1.54, 1.807) is 0 Å². The number of carbonyl (C=O) groups excluding carboxylic acids is 1. The van der Waals surface area contributed by atoms with Crippen molar-refractivity contribution in [1.82, 2.24) is 15.0 Å². The fourth-order valence-electron chi connectivity index (χ4n) is 2.44. The van der Waals surface area contributed by atoms with Crippen LogP contribution in [0, 0.1) is 0 Å². The zero-order valence-electron chi connectivity index (χ0n) is 15.2. The van der Waals surface area contributed by atoms with Crippen LogP contribution in [0.3, 0.4) is 0 Å². The highest BCUT2D eigenvalue weighted by atomic mass is 35.5. The number of carbonyl (C=O) groups is 1. The van der Waals surface area contributed by atoms with Gasteiger partial charge in [0, 0.05) is 11.9 Å². The van der Waals surface area contributed by atoms with Crippen molar-refractivity contribution in [3.63, 3.8) is 0 Å². The van der Waals surface area contributed by atoms with Crippen molar-refractivity contribution >= 4 is 35.1 Å². The largest absolute Gasteiger partial charge is 0.433 e. The highest BCUT2D eigenvalue weighted by Gasteiger charge is 2.39. The number of halogens is 4. The number of alkyl halides is 3. The van der Waals surface area contributed by atoms with E-state index >= 15 is 0 Å². The molecule has 0 aliphatic rings. The van der Waals surface area contributed by atoms with Gasteiger partial charge in [0.25, 0.3) is 5.91 Å². The van der Waals surface area contributed by atoms with Crippen LogP contribution < -0.4 is 5.32 Å². The molecule has 3 rings (SSSR count). The van der Waals surface area contributed by atoms with Crippen molar-refractivity contribution in [2.45, 2.75) is 30.4 Å². The second-order valence-electron chi connectivity index (χ2n) is 6.04. The Morgan fingerprint density at radius 1 is 1.17 bits per heavy atom. The normalized spacial score (nSPS) is 11.5. The number of imidazole rings is 1. The van der Waals surface area contributed by atoms with Crippen LogP contribution in [0.1, 0.15) is 34.2 Å². The van der Waals surface area contributed by atoms with Crippen LogP contribution in [0.15, 0.2) is 47.8 Å². The quantitative estimate of drug-likeness (QED) is 0.490. The SMILES string of the molecule is CCc1ccc(CSc2nc(C(=O)Nc3ccc(Cl)cn3)c(C(F)(F)F)[nH]2)cc1. The van der Waals surface area contributed by atoms with Crippen molar-refractivity contribution in [1.29, 1.82) is 0 Å². The number of anilines is 1. The molecular formula is C19H16ClF3N4OS. The van der Waals surface area contributed by atoms with Crippen LogP contribution in [-0.4, -0.2) is 20.9 Å². The number of amides is 1. The van der Waals surface area contributed by atoms with E-state index in [4.69, 9.17) is 11.6 Å². The minimum atomic E-state index is -4.76. The Morgan fingerprint density at radius 2 is 1.86 bits per heavy atom. The van der Waals surface area contributed by atoms with Gasteiger partial charge in [0.1, 0.15) is 5.82 Å². The van der Waals surface area contributed by atoms with Crippen LogP contribution >= 0.6 is 23.4 Å². The van der Waals surface area contributed by atoms with Gasteiger partial charge >= 0.3 is 6.18 Å². The van der Waals surface area contributed by atoms with Crippen LogP contribution in [0.5, 0.6) is 0 Å². The van der Waals surface area contributed by atoms with E-state index in [0.717, 1.165) is 23.7 Å². The highest BCUT2D eigenvalue weighted by molar-refractivity contribution is 7.98. The van der Waals surface area contributed by atoms with Crippen LogP contribution in [0.2, 0.25) is 5.02 Å². The summed E-state index contributed by atoms with van der Waals surface area (Å²) >= 11 is 6.80. The van der Waals surface area contributed by atoms with E-state index in [9.17, 15) is 18.0 Å². The molecule has 2 aromatic heterocycles. The first-order valence-corrected chi connectivity index (χ1v) is 9.93. The molecule has 152 valence electrons. The monoisotopic (exact) mass is 440 g/mol. The lowest BCUT2D eigenvalue weighted by atomic mass is 10.1. The number of H-pyrrole nitrogens is 1. The topological polar surface area (TPSA) is 70.7 Å². The molecule has 1 amide bonds. The summed E-state index contributed by atoms with van der Waals surface area (Å²) in [6, 6.07) is 10.6. The standard InChI is InChI=1S/C19H16ClF3N4OS/c1-2-11-3-5-12(6-4-11)10-29-18-26-15(16(27-18)19(21,22)23)17(28)25-14-8-7-13(20)9-24-14/h3-9H,2,10H2,1H3,(H,26,27)(H,24,25,28). The first-order chi connectivity index (χ1) is 13.8. The Kier molecular flexibility index (Phi) is 6.49. The van der Waals surface area contributed by atoms with Crippen LogP contribution in [-0.2, 0) is 18.3 Å². The molecule has 0 unspecified atom stereocenters. The van der Waals surface area contributed by atoms with Crippen molar-refractivity contribution in [2.75, 3.05) is 5.32 Å². The number of nitrogens with one attached hydrogen (secondary N) is 2. The summed E-state index contributed by atoms with van der Waals surface area (Å²) in [5, 5.41) is 2.64. The van der Waals surface area contributed by atoms with E-state index in [1.165, 1.54) is 23.9 Å². The lowest BCUT2D eigenvalue weighted by molar-refractivity contribution is -0.141. The smallest absolute Gasteiger partial charge is 0.329 e. The third-order valence-corrected chi connectivity index (χ3v) is 5.12. The number of hydrogen-bond donors (Lipinski definition) is 2. The zero-order chi connectivity index (χ0) is 21.0. The van der Waals surface area contributed by atoms with Crippen molar-refractivity contribution in [3.05, 3.63) is 70.1 Å². The minimum Gasteiger partial charge on any atom is -0.329 e. The van der Waals surface area contributed by atoms with Crippen LogP contribution in [0.4, 0.5) is 19.0 Å². The maximum Gasteiger partial charge on any atom is 0.433 e. The molecule has 0 spiro atoms. The Morgan fingerprint density at radius 3 is 2.45 bits per heavy atom. The zero-order valence-corrected chi connectivity index (χ0v) is 16.8. The van der Waals surface area contributed by atoms with E-state index in [1.807, 2.05) is 31.2 Å². The fraction of sp³-hybridized carbons (Fsp3) is 0.211. The molecule has 0 saturated heterocycles. The number of aromatic amines is 1. The number of pyridine rings is 1. The predicted octanol–water partition coefficient (Wildman–Crippen LogP) is 5.58. The number of benzene rings is 1. The lowest BCUT2D eigenvalue weighted by Gasteiger charge is -2.07. The van der Waals surface area contributed by atoms with Gasteiger partial charge in [0.05, 0.1) is 5.02 Å². The molecule has 0 radical (unpaired) electrons. The third-order valence-electron chi connectivity index (χ3n) is 3.96. The maximum absolute atomic E-state index is 13.4. The molecule has 10 heteroatoms. The Hall–Kier alpha value is -2.52. The molecule has 0 fully saturated rings. The van der Waals surface area contributed by atoms with Gasteiger partial charge in [-0.05, 0) is 29.7 Å². The van der Waals surface area contributed by atoms with E-state index in [2.05, 4.69) is 20.3 Å². The Bertz CT molecular complexity index is 988. The first-order valence-electron chi connectivity index (χ1n) is 8.57. The predicted molar refractivity (Wildman–Crippen MR) is 106 cm³/mol. The van der Waals surface area contributed by atoms with Gasteiger partial charge < -0.3 is 10.3 Å². The maximum atomic E-state index is 13.4. The summed E-state index contributed by atoms with van der Waals surface area (Å²) in [5.74, 6) is -0.530. The molecule has 5 nitrogen and oxygen atoms in total. The van der Waals surface area contributed by atoms with Crippen molar-refractivity contribution < 1.29 is 18.0 Å². The highest BCUT2D eigenvalue weighted by Crippen LogP contribution is 2.33. The van der Waals surface area contributed by atoms with Gasteiger partial charge in [-0.2, -0.15) is 13.2 Å². The second-order valence-corrected chi connectivity index (χ2v) is 7.44. The molecule has 1 aromatic carbocycles. The van der Waals surface area contributed by atoms with Crippen molar-refractivity contribution in [3.8, 4) is 0 Å². The molecule has 0 aliphatic heterocycles. The first kappa shape index (κ1) is 21.2. The van der Waals surface area contributed by atoms with Crippen LogP contribution in [0.25, 0.3) is 0 Å². The molecule has 2 heterocycles. The molecule has 0 atom stereocenters. The molecule has 2 N–H and O–H groups in total. The molecule has 3 aromatic rings. The number of aromatic nitrogens is 3. The fourth-order valence-corrected chi connectivity index (χ4v) is 3.38. The summed E-state index contributed by atoms with van der Waals surface area (Å²) in [6.07, 6.45) is -2.58. The second kappa shape index (κ2) is 8.87. The molecule has 0 bridgehead atoms. The van der Waals surface area contributed by atoms with Gasteiger partial charge in [0.15, 0.2) is 16.5 Å². The molecule has 0 saturated carbocycles. The summed E-state index contributed by atoms with van der Waals surface area (Å²) < 4.78 is 40.1. The van der Waals surface area contributed by atoms with E-state index in [-0.39, 0.29) is 11.0 Å². The van der Waals surface area contributed by atoms with E-state index in [0.29, 0.717) is 10.8 Å². The number of rotatable bonds is 6. The average Bonchev–Trinajstić information content (AvgIpc) is 3.14. The van der Waals surface area contributed by atoms with Gasteiger partial charge in [-0.15, -0.1) is 0 Å². The summed E-state index contributed by atoms with van der Waals surface area (Å²) in [6.45, 7) is 2.04. The minimum absolute atomic E-state index is 0.00566. The lowest BCUT2D eigenvalue weighted by Crippen LogP contribution is -2.19. The van der Waals surface area contributed by atoms with E-state index < -0.39 is 23.5 Å². The Balaban J connectivity index is 1.78. The molecule has 0 aliphatic carbocycles. The number of thioether (sulfide) groups is 1. The number of aryl methyl sites for hydroxylation is 1. The average molecular weight is 441 g/mol. The van der Waals surface area contributed by atoms with Gasteiger partial charge in [-0.1, -0.05) is 54.6 Å². The summed E-state index contributed by atoms with van der Waals surface area (Å²) in [4.78, 5) is 22.3. The number of nitrogens with zero attached hydrogens (tertiary/aromatic N) is 2. The third kappa shape index (κ3) is 5.51. The molecular weight excluding hydrogens is 425 g/mol.